The molecule has 0 amide bonds. The Hall–Kier alpha value is -4.32. The van der Waals surface area contributed by atoms with Crippen molar-refractivity contribution < 1.29 is 57.6 Å². The van der Waals surface area contributed by atoms with Crippen LogP contribution < -0.4 is 0 Å². The lowest BCUT2D eigenvalue weighted by molar-refractivity contribution is -0.207. The van der Waals surface area contributed by atoms with Gasteiger partial charge in [0.05, 0.1) is 5.56 Å². The van der Waals surface area contributed by atoms with E-state index in [1.165, 1.54) is 6.92 Å². The summed E-state index contributed by atoms with van der Waals surface area (Å²) in [6.07, 6.45) is -1.73. The number of allylic oxidation sites excluding steroid dienone is 1. The number of hydrogen-bond donors (Lipinski definition) is 1. The Morgan fingerprint density at radius 1 is 0.787 bits per heavy atom. The molecule has 0 spiro atoms. The van der Waals surface area contributed by atoms with Crippen LogP contribution in [-0.2, 0) is 47.7 Å². The zero-order chi connectivity index (χ0) is 35.5. The monoisotopic (exact) mass is 656 g/mol. The Labute approximate surface area is 274 Å². The molecule has 0 unspecified atom stereocenters. The molecular formula is C35H44O12. The number of benzene rings is 1. The fourth-order valence-electron chi connectivity index (χ4n) is 6.32. The van der Waals surface area contributed by atoms with E-state index in [-0.39, 0.29) is 17.6 Å². The van der Waals surface area contributed by atoms with Crippen molar-refractivity contribution >= 4 is 35.6 Å². The number of fused-ring (bicyclic) bond motifs is 1. The lowest BCUT2D eigenvalue weighted by Crippen LogP contribution is -2.59. The molecule has 0 heterocycles. The van der Waals surface area contributed by atoms with Crippen molar-refractivity contribution in [2.75, 3.05) is 0 Å². The number of aliphatic hydroxyl groups is 1. The van der Waals surface area contributed by atoms with Crippen LogP contribution in [0.2, 0.25) is 0 Å². The molecule has 8 atom stereocenters. The fourth-order valence-corrected chi connectivity index (χ4v) is 6.32. The smallest absolute Gasteiger partial charge is 0.338 e. The first-order valence-corrected chi connectivity index (χ1v) is 15.4. The molecule has 1 N–H and O–H groups in total. The molecule has 12 heteroatoms. The van der Waals surface area contributed by atoms with Gasteiger partial charge in [0.1, 0.15) is 11.7 Å². The highest BCUT2D eigenvalue weighted by Crippen LogP contribution is 2.48. The number of ether oxygens (including phenoxy) is 5. The van der Waals surface area contributed by atoms with Gasteiger partial charge in [0, 0.05) is 56.9 Å². The molecular weight excluding hydrogens is 612 g/mol. The Morgan fingerprint density at radius 3 is 1.87 bits per heavy atom. The first-order chi connectivity index (χ1) is 21.7. The third kappa shape index (κ3) is 8.34. The summed E-state index contributed by atoms with van der Waals surface area (Å²) in [5, 5.41) is 12.3. The summed E-state index contributed by atoms with van der Waals surface area (Å²) in [7, 11) is 0. The van der Waals surface area contributed by atoms with Gasteiger partial charge in [0.2, 0.25) is 0 Å². The average molecular weight is 657 g/mol. The second-order valence-corrected chi connectivity index (χ2v) is 13.1. The van der Waals surface area contributed by atoms with E-state index in [1.807, 2.05) is 0 Å². The minimum atomic E-state index is -2.32. The van der Waals surface area contributed by atoms with Crippen LogP contribution in [0.25, 0.3) is 0 Å². The number of rotatable bonds is 6. The molecule has 0 aliphatic heterocycles. The van der Waals surface area contributed by atoms with Crippen LogP contribution in [0.15, 0.2) is 54.1 Å². The normalized spacial score (nSPS) is 33.7. The number of carbonyl (C=O) groups excluding carboxylic acids is 6. The summed E-state index contributed by atoms with van der Waals surface area (Å²) in [6.45, 7) is 12.3. The van der Waals surface area contributed by atoms with Crippen LogP contribution >= 0.6 is 0 Å². The maximum atomic E-state index is 14.5. The van der Waals surface area contributed by atoms with Gasteiger partial charge < -0.3 is 28.8 Å². The summed E-state index contributed by atoms with van der Waals surface area (Å²) < 4.78 is 28.8. The number of hydrogen-bond acceptors (Lipinski definition) is 12. The van der Waals surface area contributed by atoms with E-state index >= 15 is 0 Å². The van der Waals surface area contributed by atoms with Gasteiger partial charge in [0.25, 0.3) is 0 Å². The summed E-state index contributed by atoms with van der Waals surface area (Å²) in [4.78, 5) is 77.9. The number of Topliss-reactive ketones (excluding diaryl/α,β-unsaturated/α-hetero) is 1. The van der Waals surface area contributed by atoms with E-state index < -0.39 is 88.5 Å². The first-order valence-electron chi connectivity index (χ1n) is 15.4. The van der Waals surface area contributed by atoms with Crippen LogP contribution in [-0.4, -0.2) is 76.4 Å². The van der Waals surface area contributed by atoms with Crippen LogP contribution in [0.3, 0.4) is 0 Å². The fraction of sp³-hybridized carbons (Fsp3) is 0.543. The number of carbonyl (C=O) groups is 6. The van der Waals surface area contributed by atoms with Gasteiger partial charge in [-0.3, -0.25) is 24.0 Å². The second-order valence-electron chi connectivity index (χ2n) is 13.1. The predicted molar refractivity (Wildman–Crippen MR) is 166 cm³/mol. The molecule has 0 aromatic heterocycles. The van der Waals surface area contributed by atoms with E-state index in [2.05, 4.69) is 0 Å². The molecule has 1 aromatic carbocycles. The van der Waals surface area contributed by atoms with E-state index in [0.717, 1.165) is 33.8 Å². The second kappa shape index (κ2) is 14.2. The molecule has 0 saturated heterocycles. The lowest BCUT2D eigenvalue weighted by Gasteiger charge is -2.43. The summed E-state index contributed by atoms with van der Waals surface area (Å²) >= 11 is 0. The van der Waals surface area contributed by atoms with Crippen LogP contribution in [0, 0.1) is 17.3 Å². The van der Waals surface area contributed by atoms with E-state index in [9.17, 15) is 33.9 Å². The van der Waals surface area contributed by atoms with Gasteiger partial charge >= 0.3 is 29.8 Å². The Morgan fingerprint density at radius 2 is 1.34 bits per heavy atom. The Kier molecular flexibility index (Phi) is 11.2. The third-order valence-electron chi connectivity index (χ3n) is 8.33. The summed E-state index contributed by atoms with van der Waals surface area (Å²) in [6, 6.07) is 8.11. The van der Waals surface area contributed by atoms with Crippen LogP contribution in [0.1, 0.15) is 79.1 Å². The largest absolute Gasteiger partial charge is 0.458 e. The third-order valence-corrected chi connectivity index (χ3v) is 8.33. The first kappa shape index (κ1) is 37.1. The predicted octanol–water partition coefficient (Wildman–Crippen LogP) is 3.83. The van der Waals surface area contributed by atoms with Gasteiger partial charge in [-0.05, 0) is 25.1 Å². The average Bonchev–Trinajstić information content (AvgIpc) is 3.20. The highest BCUT2D eigenvalue weighted by Gasteiger charge is 2.60. The molecule has 1 saturated carbocycles. The zero-order valence-electron chi connectivity index (χ0n) is 28.2. The van der Waals surface area contributed by atoms with Crippen molar-refractivity contribution in [3.8, 4) is 0 Å². The summed E-state index contributed by atoms with van der Waals surface area (Å²) in [5.74, 6) is -6.12. The minimum absolute atomic E-state index is 0.0673. The summed E-state index contributed by atoms with van der Waals surface area (Å²) in [5.41, 5.74) is -5.38. The van der Waals surface area contributed by atoms with Crippen molar-refractivity contribution in [1.29, 1.82) is 0 Å². The van der Waals surface area contributed by atoms with Crippen molar-refractivity contribution in [1.82, 2.24) is 0 Å². The molecule has 2 aliphatic rings. The SMILES string of the molecule is CC(=O)O[C@H]1[C@H](OC(C)=O)C(C)(C)/C=C/[C@@H](C)C(=O)[C@]2(OC(C)=O)C[C@H](C)[C@@H](OC(=O)c3ccccc3)/C2=C\[C@@](C)(O)[C@H]1OC(C)=O. The van der Waals surface area contributed by atoms with Crippen LogP contribution in [0.4, 0.5) is 0 Å². The molecule has 1 aromatic rings. The highest BCUT2D eigenvalue weighted by molar-refractivity contribution is 5.97. The Balaban J connectivity index is 2.42. The Bertz CT molecular complexity index is 1460. The van der Waals surface area contributed by atoms with Gasteiger partial charge in [-0.1, -0.05) is 58.0 Å². The van der Waals surface area contributed by atoms with E-state index in [1.54, 1.807) is 70.2 Å². The molecule has 2 aliphatic carbocycles. The highest BCUT2D eigenvalue weighted by atomic mass is 16.6. The topological polar surface area (TPSA) is 169 Å². The lowest BCUT2D eigenvalue weighted by atomic mass is 9.74. The number of ketones is 1. The minimum Gasteiger partial charge on any atom is -0.458 e. The van der Waals surface area contributed by atoms with Gasteiger partial charge in [-0.25, -0.2) is 4.79 Å². The molecule has 0 bridgehead atoms. The molecule has 12 nitrogen and oxygen atoms in total. The molecule has 0 radical (unpaired) electrons. The molecule has 47 heavy (non-hydrogen) atoms. The quantitative estimate of drug-likeness (QED) is 0.267. The van der Waals surface area contributed by atoms with Crippen molar-refractivity contribution in [3.63, 3.8) is 0 Å². The van der Waals surface area contributed by atoms with Crippen LogP contribution in [0.5, 0.6) is 0 Å². The molecule has 3 rings (SSSR count). The number of esters is 5. The van der Waals surface area contributed by atoms with Gasteiger partial charge in [0.15, 0.2) is 29.7 Å². The molecule has 256 valence electrons. The maximum absolute atomic E-state index is 14.5. The van der Waals surface area contributed by atoms with Crippen molar-refractivity contribution in [2.45, 2.75) is 104 Å². The zero-order valence-corrected chi connectivity index (χ0v) is 28.2. The van der Waals surface area contributed by atoms with Crippen molar-refractivity contribution in [3.05, 3.63) is 59.7 Å². The van der Waals surface area contributed by atoms with Gasteiger partial charge in [-0.2, -0.15) is 0 Å². The molecule has 1 fully saturated rings. The van der Waals surface area contributed by atoms with E-state index in [4.69, 9.17) is 23.7 Å². The van der Waals surface area contributed by atoms with E-state index in [0.29, 0.717) is 0 Å². The maximum Gasteiger partial charge on any atom is 0.338 e. The van der Waals surface area contributed by atoms with Crippen molar-refractivity contribution in [2.24, 2.45) is 17.3 Å². The standard InChI is InChI=1S/C35H44O12/c1-19-15-16-33(7,8)30(44-22(4)37)28(43-21(3)36)31(45-23(5)38)34(9,42)18-26-27(46-32(41)25-13-11-10-12-14-25)20(2)17-35(26,29(19)40)47-24(6)39/h10-16,18-20,27-28,30-31,42H,17H2,1-9H3/b16-15+,26-18+/t19-,20+,27-,28+,30+,31+,34-,35+/m1/s1. The van der Waals surface area contributed by atoms with Gasteiger partial charge in [-0.15, -0.1) is 0 Å².